The zero-order valence-corrected chi connectivity index (χ0v) is 13.6. The summed E-state index contributed by atoms with van der Waals surface area (Å²) in [7, 11) is 1.61. The summed E-state index contributed by atoms with van der Waals surface area (Å²) in [5.74, 6) is 0.807. The molecular formula is C16H20N2O3S. The van der Waals surface area contributed by atoms with Crippen molar-refractivity contribution in [2.24, 2.45) is 0 Å². The summed E-state index contributed by atoms with van der Waals surface area (Å²) in [5.41, 5.74) is 1.81. The lowest BCUT2D eigenvalue weighted by atomic mass is 10.2. The first-order valence-corrected chi connectivity index (χ1v) is 8.04. The maximum absolute atomic E-state index is 11.7. The van der Waals surface area contributed by atoms with Gasteiger partial charge >= 0.3 is 0 Å². The summed E-state index contributed by atoms with van der Waals surface area (Å²) in [5, 5.41) is 5.61. The van der Waals surface area contributed by atoms with Gasteiger partial charge in [0.1, 0.15) is 10.8 Å². The van der Waals surface area contributed by atoms with Gasteiger partial charge in [-0.1, -0.05) is 0 Å². The predicted octanol–water partition coefficient (Wildman–Crippen LogP) is 2.51. The standard InChI is InChI=1S/C16H20N2O3S/c1-3-21-14-6-4-12(5-7-14)16-18-13(11-22-16)10-15(19)17-8-9-20-2/h4-7,11H,3,8-10H2,1-2H3,(H,17,19). The molecule has 2 rings (SSSR count). The Hall–Kier alpha value is -1.92. The van der Waals surface area contributed by atoms with Crippen LogP contribution in [0, 0.1) is 0 Å². The van der Waals surface area contributed by atoms with Crippen LogP contribution in [0.5, 0.6) is 5.75 Å². The summed E-state index contributed by atoms with van der Waals surface area (Å²) in [6.07, 6.45) is 0.289. The minimum Gasteiger partial charge on any atom is -0.494 e. The molecule has 1 amide bonds. The highest BCUT2D eigenvalue weighted by Gasteiger charge is 2.09. The van der Waals surface area contributed by atoms with Crippen LogP contribution in [-0.4, -0.2) is 37.8 Å². The number of amides is 1. The number of carbonyl (C=O) groups excluding carboxylic acids is 1. The van der Waals surface area contributed by atoms with Gasteiger partial charge in [0.05, 0.1) is 25.3 Å². The van der Waals surface area contributed by atoms with Crippen LogP contribution in [0.3, 0.4) is 0 Å². The molecule has 0 radical (unpaired) electrons. The minimum absolute atomic E-state index is 0.0411. The third-order valence-corrected chi connectivity index (χ3v) is 3.87. The second-order valence-electron chi connectivity index (χ2n) is 4.62. The van der Waals surface area contributed by atoms with Gasteiger partial charge in [0, 0.05) is 24.6 Å². The molecule has 6 heteroatoms. The van der Waals surface area contributed by atoms with Gasteiger partial charge in [-0.2, -0.15) is 0 Å². The van der Waals surface area contributed by atoms with Crippen LogP contribution in [0.25, 0.3) is 10.6 Å². The molecule has 0 aliphatic heterocycles. The van der Waals surface area contributed by atoms with Gasteiger partial charge in [0.25, 0.3) is 0 Å². The van der Waals surface area contributed by atoms with Gasteiger partial charge < -0.3 is 14.8 Å². The zero-order valence-electron chi connectivity index (χ0n) is 12.8. The lowest BCUT2D eigenvalue weighted by Gasteiger charge is -2.03. The van der Waals surface area contributed by atoms with Gasteiger partial charge in [0.2, 0.25) is 5.91 Å². The van der Waals surface area contributed by atoms with E-state index in [0.29, 0.717) is 19.8 Å². The van der Waals surface area contributed by atoms with Crippen LogP contribution in [0.15, 0.2) is 29.6 Å². The van der Waals surface area contributed by atoms with Crippen molar-refractivity contribution in [2.75, 3.05) is 26.9 Å². The Balaban J connectivity index is 1.94. The lowest BCUT2D eigenvalue weighted by molar-refractivity contribution is -0.120. The van der Waals surface area contributed by atoms with Crippen molar-refractivity contribution < 1.29 is 14.3 Å². The molecule has 2 aromatic rings. The summed E-state index contributed by atoms with van der Waals surface area (Å²) >= 11 is 1.54. The molecule has 0 bridgehead atoms. The number of hydrogen-bond acceptors (Lipinski definition) is 5. The minimum atomic E-state index is -0.0411. The van der Waals surface area contributed by atoms with Gasteiger partial charge in [-0.15, -0.1) is 11.3 Å². The molecule has 0 unspecified atom stereocenters. The number of aromatic nitrogens is 1. The van der Waals surface area contributed by atoms with Crippen molar-refractivity contribution >= 4 is 17.2 Å². The number of thiazole rings is 1. The Morgan fingerprint density at radius 2 is 2.09 bits per heavy atom. The van der Waals surface area contributed by atoms with Gasteiger partial charge in [0.15, 0.2) is 0 Å². The van der Waals surface area contributed by atoms with Crippen molar-refractivity contribution in [3.63, 3.8) is 0 Å². The molecule has 1 aromatic heterocycles. The normalized spacial score (nSPS) is 10.5. The van der Waals surface area contributed by atoms with Crippen LogP contribution in [-0.2, 0) is 16.0 Å². The lowest BCUT2D eigenvalue weighted by Crippen LogP contribution is -2.28. The SMILES string of the molecule is CCOc1ccc(-c2nc(CC(=O)NCCOC)cs2)cc1. The largest absolute Gasteiger partial charge is 0.494 e. The van der Waals surface area contributed by atoms with Gasteiger partial charge in [-0.05, 0) is 31.2 Å². The molecular weight excluding hydrogens is 300 g/mol. The molecule has 0 aliphatic carbocycles. The fourth-order valence-electron chi connectivity index (χ4n) is 1.90. The van der Waals surface area contributed by atoms with Crippen LogP contribution in [0.1, 0.15) is 12.6 Å². The summed E-state index contributed by atoms with van der Waals surface area (Å²) in [4.78, 5) is 16.2. The molecule has 0 saturated heterocycles. The van der Waals surface area contributed by atoms with Crippen molar-refractivity contribution in [3.8, 4) is 16.3 Å². The molecule has 0 aliphatic rings. The van der Waals surface area contributed by atoms with E-state index in [1.165, 1.54) is 11.3 Å². The number of hydrogen-bond donors (Lipinski definition) is 1. The summed E-state index contributed by atoms with van der Waals surface area (Å²) < 4.78 is 10.3. The average molecular weight is 320 g/mol. The number of nitrogens with zero attached hydrogens (tertiary/aromatic N) is 1. The van der Waals surface area contributed by atoms with E-state index in [4.69, 9.17) is 9.47 Å². The Kier molecular flexibility index (Phi) is 6.36. The Bertz CT molecular complexity index is 596. The van der Waals surface area contributed by atoms with Crippen molar-refractivity contribution in [3.05, 3.63) is 35.3 Å². The van der Waals surface area contributed by atoms with Crippen LogP contribution >= 0.6 is 11.3 Å². The van der Waals surface area contributed by atoms with E-state index in [0.717, 1.165) is 22.0 Å². The van der Waals surface area contributed by atoms with E-state index in [-0.39, 0.29) is 12.3 Å². The second kappa shape index (κ2) is 8.51. The number of carbonyl (C=O) groups is 1. The third-order valence-electron chi connectivity index (χ3n) is 2.93. The molecule has 0 fully saturated rings. The van der Waals surface area contributed by atoms with Crippen LogP contribution < -0.4 is 10.1 Å². The first-order valence-electron chi connectivity index (χ1n) is 7.16. The van der Waals surface area contributed by atoms with Gasteiger partial charge in [-0.25, -0.2) is 4.98 Å². The summed E-state index contributed by atoms with van der Waals surface area (Å²) in [6.45, 7) is 3.64. The number of rotatable bonds is 8. The highest BCUT2D eigenvalue weighted by atomic mass is 32.1. The molecule has 0 saturated carbocycles. The van der Waals surface area contributed by atoms with Crippen LogP contribution in [0.4, 0.5) is 0 Å². The van der Waals surface area contributed by atoms with E-state index in [9.17, 15) is 4.79 Å². The first-order chi connectivity index (χ1) is 10.7. The Morgan fingerprint density at radius 1 is 1.32 bits per heavy atom. The fourth-order valence-corrected chi connectivity index (χ4v) is 2.73. The molecule has 1 N–H and O–H groups in total. The van der Waals surface area contributed by atoms with E-state index < -0.39 is 0 Å². The first kappa shape index (κ1) is 16.5. The monoisotopic (exact) mass is 320 g/mol. The van der Waals surface area contributed by atoms with E-state index >= 15 is 0 Å². The van der Waals surface area contributed by atoms with E-state index in [2.05, 4.69) is 10.3 Å². The van der Waals surface area contributed by atoms with Crippen molar-refractivity contribution in [1.82, 2.24) is 10.3 Å². The molecule has 0 atom stereocenters. The second-order valence-corrected chi connectivity index (χ2v) is 5.48. The molecule has 0 spiro atoms. The fraction of sp³-hybridized carbons (Fsp3) is 0.375. The maximum Gasteiger partial charge on any atom is 0.226 e. The molecule has 1 heterocycles. The predicted molar refractivity (Wildman–Crippen MR) is 87.3 cm³/mol. The molecule has 118 valence electrons. The molecule has 1 aromatic carbocycles. The van der Waals surface area contributed by atoms with E-state index in [1.807, 2.05) is 36.6 Å². The topological polar surface area (TPSA) is 60.5 Å². The molecule has 22 heavy (non-hydrogen) atoms. The number of benzene rings is 1. The molecule has 5 nitrogen and oxygen atoms in total. The highest BCUT2D eigenvalue weighted by Crippen LogP contribution is 2.25. The van der Waals surface area contributed by atoms with E-state index in [1.54, 1.807) is 7.11 Å². The number of nitrogens with one attached hydrogen (secondary N) is 1. The van der Waals surface area contributed by atoms with Crippen molar-refractivity contribution in [1.29, 1.82) is 0 Å². The van der Waals surface area contributed by atoms with Gasteiger partial charge in [-0.3, -0.25) is 4.79 Å². The summed E-state index contributed by atoms with van der Waals surface area (Å²) in [6, 6.07) is 7.81. The van der Waals surface area contributed by atoms with Crippen molar-refractivity contribution in [2.45, 2.75) is 13.3 Å². The third kappa shape index (κ3) is 4.82. The smallest absolute Gasteiger partial charge is 0.226 e. The number of ether oxygens (including phenoxy) is 2. The zero-order chi connectivity index (χ0) is 15.8. The Morgan fingerprint density at radius 3 is 2.77 bits per heavy atom. The number of methoxy groups -OCH3 is 1. The average Bonchev–Trinajstić information content (AvgIpc) is 2.97. The Labute approximate surface area is 134 Å². The van der Waals surface area contributed by atoms with Crippen LogP contribution in [0.2, 0.25) is 0 Å². The quantitative estimate of drug-likeness (QED) is 0.759. The maximum atomic E-state index is 11.7. The highest BCUT2D eigenvalue weighted by molar-refractivity contribution is 7.13.